The number of thioether (sulfide) groups is 2. The second-order valence-electron chi connectivity index (χ2n) is 6.01. The van der Waals surface area contributed by atoms with E-state index in [0.717, 1.165) is 11.1 Å². The van der Waals surface area contributed by atoms with E-state index in [1.807, 2.05) is 67.7 Å². The van der Waals surface area contributed by atoms with Gasteiger partial charge in [-0.3, -0.25) is 4.79 Å². The van der Waals surface area contributed by atoms with Crippen LogP contribution < -0.4 is 0 Å². The molecule has 0 aromatic heterocycles. The Labute approximate surface area is 156 Å². The molecule has 1 fully saturated rings. The van der Waals surface area contributed by atoms with Gasteiger partial charge in [-0.25, -0.2) is 4.79 Å². The summed E-state index contributed by atoms with van der Waals surface area (Å²) < 4.78 is 5.66. The Morgan fingerprint density at radius 3 is 2.40 bits per heavy atom. The summed E-state index contributed by atoms with van der Waals surface area (Å²) in [6.07, 6.45) is 0. The molecule has 1 saturated heterocycles. The normalized spacial score (nSPS) is 14.5. The van der Waals surface area contributed by atoms with Crippen LogP contribution in [0.3, 0.4) is 0 Å². The smallest absolute Gasteiger partial charge is 0.338 e. The zero-order valence-electron chi connectivity index (χ0n) is 14.3. The average Bonchev–Trinajstić information content (AvgIpc) is 3.16. The van der Waals surface area contributed by atoms with Gasteiger partial charge in [-0.05, 0) is 43.2 Å². The Morgan fingerprint density at radius 1 is 1.04 bits per heavy atom. The molecular formula is C20H20O3S2. The van der Waals surface area contributed by atoms with E-state index < -0.39 is 5.97 Å². The van der Waals surface area contributed by atoms with E-state index in [1.54, 1.807) is 12.1 Å². The molecule has 25 heavy (non-hydrogen) atoms. The zero-order valence-corrected chi connectivity index (χ0v) is 15.9. The van der Waals surface area contributed by atoms with E-state index in [1.165, 1.54) is 17.1 Å². The number of aryl methyl sites for hydroxylation is 2. The summed E-state index contributed by atoms with van der Waals surface area (Å²) >= 11 is 3.85. The maximum absolute atomic E-state index is 12.3. The van der Waals surface area contributed by atoms with Gasteiger partial charge in [0.2, 0.25) is 5.78 Å². The minimum atomic E-state index is -0.461. The van der Waals surface area contributed by atoms with E-state index in [0.29, 0.717) is 15.7 Å². The van der Waals surface area contributed by atoms with Gasteiger partial charge < -0.3 is 4.74 Å². The topological polar surface area (TPSA) is 43.4 Å². The van der Waals surface area contributed by atoms with Gasteiger partial charge >= 0.3 is 5.97 Å². The van der Waals surface area contributed by atoms with Crippen molar-refractivity contribution in [1.29, 1.82) is 0 Å². The molecule has 1 heterocycles. The van der Waals surface area contributed by atoms with Crippen LogP contribution in [0.5, 0.6) is 0 Å². The first kappa shape index (κ1) is 18.1. The largest absolute Gasteiger partial charge is 0.454 e. The van der Waals surface area contributed by atoms with Crippen molar-refractivity contribution in [2.45, 2.75) is 18.4 Å². The standard InChI is InChI=1S/C20H20O3S2/c1-13-3-4-14(2)17(11-13)18(21)12-23-19(22)15-5-7-16(8-6-15)20-24-9-10-25-20/h3-8,11,20H,9-10,12H2,1-2H3. The quantitative estimate of drug-likeness (QED) is 0.556. The third-order valence-electron chi connectivity index (χ3n) is 4.07. The van der Waals surface area contributed by atoms with E-state index in [-0.39, 0.29) is 12.4 Å². The predicted octanol–water partition coefficient (Wildman–Crippen LogP) is 4.82. The molecule has 0 N–H and O–H groups in total. The highest BCUT2D eigenvalue weighted by Crippen LogP contribution is 2.45. The van der Waals surface area contributed by atoms with Crippen molar-refractivity contribution in [2.24, 2.45) is 0 Å². The third-order valence-corrected chi connectivity index (χ3v) is 7.17. The summed E-state index contributed by atoms with van der Waals surface area (Å²) in [5, 5.41) is 0. The van der Waals surface area contributed by atoms with Crippen LogP contribution in [0.4, 0.5) is 0 Å². The number of esters is 1. The third kappa shape index (κ3) is 4.47. The first-order valence-corrected chi connectivity index (χ1v) is 10.2. The van der Waals surface area contributed by atoms with Crippen LogP contribution in [-0.2, 0) is 4.74 Å². The lowest BCUT2D eigenvalue weighted by Gasteiger charge is -2.10. The Morgan fingerprint density at radius 2 is 1.72 bits per heavy atom. The number of carbonyl (C=O) groups is 2. The summed E-state index contributed by atoms with van der Waals surface area (Å²) in [4.78, 5) is 24.5. The van der Waals surface area contributed by atoms with Crippen molar-refractivity contribution in [3.05, 3.63) is 70.3 Å². The minimum absolute atomic E-state index is 0.176. The SMILES string of the molecule is Cc1ccc(C)c(C(=O)COC(=O)c2ccc(C3SCCS3)cc2)c1. The van der Waals surface area contributed by atoms with Crippen LogP contribution in [0.2, 0.25) is 0 Å². The Balaban J connectivity index is 1.60. The van der Waals surface area contributed by atoms with Crippen molar-refractivity contribution < 1.29 is 14.3 Å². The number of hydrogen-bond donors (Lipinski definition) is 0. The van der Waals surface area contributed by atoms with Gasteiger partial charge in [-0.2, -0.15) is 0 Å². The van der Waals surface area contributed by atoms with Crippen LogP contribution in [0.1, 0.15) is 42.0 Å². The Kier molecular flexibility index (Phi) is 5.86. The second kappa shape index (κ2) is 8.11. The van der Waals surface area contributed by atoms with Crippen LogP contribution in [0.25, 0.3) is 0 Å². The Hall–Kier alpha value is -1.72. The Bertz CT molecular complexity index is 778. The van der Waals surface area contributed by atoms with Crippen molar-refractivity contribution >= 4 is 35.3 Å². The molecule has 1 aliphatic heterocycles. The van der Waals surface area contributed by atoms with E-state index in [9.17, 15) is 9.59 Å². The van der Waals surface area contributed by atoms with Crippen molar-refractivity contribution in [3.63, 3.8) is 0 Å². The fraction of sp³-hybridized carbons (Fsp3) is 0.300. The first-order valence-electron chi connectivity index (χ1n) is 8.15. The van der Waals surface area contributed by atoms with Gasteiger partial charge in [0.1, 0.15) is 0 Å². The summed E-state index contributed by atoms with van der Waals surface area (Å²) in [7, 11) is 0. The van der Waals surface area contributed by atoms with Crippen molar-refractivity contribution in [1.82, 2.24) is 0 Å². The molecule has 3 rings (SSSR count). The summed E-state index contributed by atoms with van der Waals surface area (Å²) in [6.45, 7) is 3.58. The van der Waals surface area contributed by atoms with E-state index in [4.69, 9.17) is 4.74 Å². The van der Waals surface area contributed by atoms with Gasteiger partial charge in [0, 0.05) is 17.1 Å². The van der Waals surface area contributed by atoms with Crippen LogP contribution in [-0.4, -0.2) is 29.9 Å². The van der Waals surface area contributed by atoms with E-state index in [2.05, 4.69) is 0 Å². The number of ketones is 1. The van der Waals surface area contributed by atoms with Crippen LogP contribution in [0, 0.1) is 13.8 Å². The van der Waals surface area contributed by atoms with Gasteiger partial charge in [0.15, 0.2) is 6.61 Å². The molecule has 0 radical (unpaired) electrons. The molecule has 130 valence electrons. The zero-order chi connectivity index (χ0) is 17.8. The number of Topliss-reactive ketones (excluding diaryl/α,β-unsaturated/α-hetero) is 1. The lowest BCUT2D eigenvalue weighted by Crippen LogP contribution is -2.15. The highest BCUT2D eigenvalue weighted by molar-refractivity contribution is 8.19. The molecule has 2 aromatic carbocycles. The van der Waals surface area contributed by atoms with Crippen molar-refractivity contribution in [3.8, 4) is 0 Å². The number of hydrogen-bond acceptors (Lipinski definition) is 5. The number of ether oxygens (including phenoxy) is 1. The lowest BCUT2D eigenvalue weighted by molar-refractivity contribution is 0.0474. The maximum atomic E-state index is 12.3. The fourth-order valence-electron chi connectivity index (χ4n) is 2.66. The maximum Gasteiger partial charge on any atom is 0.338 e. The number of rotatable bonds is 5. The molecule has 3 nitrogen and oxygen atoms in total. The summed E-state index contributed by atoms with van der Waals surface area (Å²) in [6, 6.07) is 13.2. The molecule has 2 aromatic rings. The van der Waals surface area contributed by atoms with Gasteiger partial charge in [0.25, 0.3) is 0 Å². The van der Waals surface area contributed by atoms with Crippen molar-refractivity contribution in [2.75, 3.05) is 18.1 Å². The predicted molar refractivity (Wildman–Crippen MR) is 105 cm³/mol. The van der Waals surface area contributed by atoms with Gasteiger partial charge in [-0.1, -0.05) is 29.8 Å². The second-order valence-corrected chi connectivity index (χ2v) is 8.74. The molecule has 0 spiro atoms. The van der Waals surface area contributed by atoms with Crippen LogP contribution in [0.15, 0.2) is 42.5 Å². The molecular weight excluding hydrogens is 352 g/mol. The minimum Gasteiger partial charge on any atom is -0.454 e. The summed E-state index contributed by atoms with van der Waals surface area (Å²) in [5.74, 6) is 1.70. The highest BCUT2D eigenvalue weighted by Gasteiger charge is 2.19. The lowest BCUT2D eigenvalue weighted by atomic mass is 10.0. The molecule has 0 unspecified atom stereocenters. The molecule has 0 saturated carbocycles. The molecule has 0 amide bonds. The molecule has 5 heteroatoms. The van der Waals surface area contributed by atoms with Gasteiger partial charge in [0.05, 0.1) is 10.1 Å². The number of carbonyl (C=O) groups excluding carboxylic acids is 2. The summed E-state index contributed by atoms with van der Waals surface area (Å²) in [5.41, 5.74) is 4.21. The molecule has 0 atom stereocenters. The average molecular weight is 373 g/mol. The van der Waals surface area contributed by atoms with E-state index >= 15 is 0 Å². The van der Waals surface area contributed by atoms with Gasteiger partial charge in [-0.15, -0.1) is 23.5 Å². The monoisotopic (exact) mass is 372 g/mol. The van der Waals surface area contributed by atoms with Crippen LogP contribution >= 0.6 is 23.5 Å². The highest BCUT2D eigenvalue weighted by atomic mass is 32.2. The molecule has 0 aliphatic carbocycles. The molecule has 1 aliphatic rings. The molecule has 0 bridgehead atoms. The fourth-order valence-corrected chi connectivity index (χ4v) is 5.52. The first-order chi connectivity index (χ1) is 12.0. The number of benzene rings is 2.